The summed E-state index contributed by atoms with van der Waals surface area (Å²) in [6.45, 7) is 4.27. The Morgan fingerprint density at radius 3 is 2.70 bits per heavy atom. The number of benzene rings is 2. The van der Waals surface area contributed by atoms with Crippen molar-refractivity contribution < 1.29 is 19.0 Å². The molecule has 3 rings (SSSR count). The number of hydrogen-bond acceptors (Lipinski definition) is 4. The van der Waals surface area contributed by atoms with Gasteiger partial charge in [0.1, 0.15) is 12.4 Å². The van der Waals surface area contributed by atoms with Gasteiger partial charge >= 0.3 is 0 Å². The Balaban J connectivity index is 1.67. The second-order valence-corrected chi connectivity index (χ2v) is 4.93. The van der Waals surface area contributed by atoms with Crippen LogP contribution in [-0.2, 0) is 0 Å². The molecule has 0 bridgehead atoms. The van der Waals surface area contributed by atoms with Gasteiger partial charge in [0.05, 0.1) is 0 Å². The second kappa shape index (κ2) is 6.83. The lowest BCUT2D eigenvalue weighted by atomic mass is 10.1. The summed E-state index contributed by atoms with van der Waals surface area (Å²) >= 11 is 0. The molecule has 23 heavy (non-hydrogen) atoms. The van der Waals surface area contributed by atoms with Gasteiger partial charge in [-0.15, -0.1) is 0 Å². The van der Waals surface area contributed by atoms with Gasteiger partial charge in [-0.2, -0.15) is 0 Å². The van der Waals surface area contributed by atoms with Gasteiger partial charge in [0.25, 0.3) is 0 Å². The molecular weight excluding hydrogens is 292 g/mol. The summed E-state index contributed by atoms with van der Waals surface area (Å²) in [7, 11) is 0. The number of hydrogen-bond donors (Lipinski definition) is 0. The van der Waals surface area contributed by atoms with E-state index in [1.165, 1.54) is 6.08 Å². The highest BCUT2D eigenvalue weighted by molar-refractivity contribution is 6.07. The van der Waals surface area contributed by atoms with Crippen molar-refractivity contribution in [3.63, 3.8) is 0 Å². The minimum absolute atomic E-state index is 0.0877. The average molecular weight is 308 g/mol. The molecule has 1 heterocycles. The van der Waals surface area contributed by atoms with Crippen molar-refractivity contribution in [3.8, 4) is 17.2 Å². The summed E-state index contributed by atoms with van der Waals surface area (Å²) in [6.07, 6.45) is 5.00. The van der Waals surface area contributed by atoms with Crippen LogP contribution in [0.1, 0.15) is 15.9 Å². The van der Waals surface area contributed by atoms with E-state index in [1.54, 1.807) is 30.4 Å². The van der Waals surface area contributed by atoms with Gasteiger partial charge < -0.3 is 14.2 Å². The predicted octanol–water partition coefficient (Wildman–Crippen LogP) is 3.88. The molecule has 0 spiro atoms. The number of carbonyl (C=O) groups excluding carboxylic acids is 1. The largest absolute Gasteiger partial charge is 0.490 e. The second-order valence-electron chi connectivity index (χ2n) is 4.93. The molecule has 1 aliphatic heterocycles. The molecule has 116 valence electrons. The maximum Gasteiger partial charge on any atom is 0.231 e. The van der Waals surface area contributed by atoms with Crippen LogP contribution in [0, 0.1) is 0 Å². The minimum atomic E-state index is -0.0877. The van der Waals surface area contributed by atoms with Crippen LogP contribution in [0.5, 0.6) is 17.2 Å². The molecule has 0 unspecified atom stereocenters. The third kappa shape index (κ3) is 3.61. The van der Waals surface area contributed by atoms with Crippen LogP contribution in [-0.4, -0.2) is 19.2 Å². The Labute approximate surface area is 134 Å². The molecule has 4 heteroatoms. The van der Waals surface area contributed by atoms with Crippen LogP contribution >= 0.6 is 0 Å². The monoisotopic (exact) mass is 308 g/mol. The Hall–Kier alpha value is -3.01. The number of fused-ring (bicyclic) bond motifs is 1. The van der Waals surface area contributed by atoms with Gasteiger partial charge in [0, 0.05) is 5.56 Å². The lowest BCUT2D eigenvalue weighted by molar-refractivity contribution is 0.104. The summed E-state index contributed by atoms with van der Waals surface area (Å²) < 4.78 is 15.9. The summed E-state index contributed by atoms with van der Waals surface area (Å²) in [4.78, 5) is 12.2. The lowest BCUT2D eigenvalue weighted by Crippen LogP contribution is -1.94. The molecule has 0 fully saturated rings. The number of allylic oxidation sites excluding steroid dienone is 1. The van der Waals surface area contributed by atoms with Gasteiger partial charge in [-0.05, 0) is 42.0 Å². The SMILES string of the molecule is C=CCOc1ccc(C=CC(=O)c2ccc3c(c2)OCO3)cc1. The Kier molecular flexibility index (Phi) is 4.43. The zero-order chi connectivity index (χ0) is 16.1. The van der Waals surface area contributed by atoms with Gasteiger partial charge in [0.2, 0.25) is 6.79 Å². The van der Waals surface area contributed by atoms with Crippen LogP contribution < -0.4 is 14.2 Å². The van der Waals surface area contributed by atoms with Crippen molar-refractivity contribution in [1.82, 2.24) is 0 Å². The van der Waals surface area contributed by atoms with Crippen molar-refractivity contribution in [2.24, 2.45) is 0 Å². The fourth-order valence-electron chi connectivity index (χ4n) is 2.15. The predicted molar refractivity (Wildman–Crippen MR) is 88.1 cm³/mol. The Morgan fingerprint density at radius 1 is 1.13 bits per heavy atom. The smallest absolute Gasteiger partial charge is 0.231 e. The number of ketones is 1. The zero-order valence-electron chi connectivity index (χ0n) is 12.5. The van der Waals surface area contributed by atoms with Crippen LogP contribution in [0.2, 0.25) is 0 Å². The fraction of sp³-hybridized carbons (Fsp3) is 0.105. The van der Waals surface area contributed by atoms with E-state index in [2.05, 4.69) is 6.58 Å². The topological polar surface area (TPSA) is 44.8 Å². The molecule has 1 aliphatic rings. The van der Waals surface area contributed by atoms with E-state index < -0.39 is 0 Å². The third-order valence-electron chi connectivity index (χ3n) is 3.33. The molecule has 0 aliphatic carbocycles. The van der Waals surface area contributed by atoms with Gasteiger partial charge in [-0.25, -0.2) is 0 Å². The Morgan fingerprint density at radius 2 is 1.91 bits per heavy atom. The molecule has 2 aromatic carbocycles. The highest BCUT2D eigenvalue weighted by Gasteiger charge is 2.14. The first kappa shape index (κ1) is 14.9. The summed E-state index contributed by atoms with van der Waals surface area (Å²) in [5, 5.41) is 0. The van der Waals surface area contributed by atoms with Crippen molar-refractivity contribution in [2.75, 3.05) is 13.4 Å². The third-order valence-corrected chi connectivity index (χ3v) is 3.33. The van der Waals surface area contributed by atoms with Crippen LogP contribution in [0.15, 0.2) is 61.2 Å². The number of rotatable bonds is 6. The van der Waals surface area contributed by atoms with Crippen LogP contribution in [0.4, 0.5) is 0 Å². The summed E-state index contributed by atoms with van der Waals surface area (Å²) in [6, 6.07) is 12.7. The molecule has 0 saturated heterocycles. The number of ether oxygens (including phenoxy) is 3. The quantitative estimate of drug-likeness (QED) is 0.461. The van der Waals surface area contributed by atoms with Gasteiger partial charge in [-0.3, -0.25) is 4.79 Å². The van der Waals surface area contributed by atoms with E-state index in [0.29, 0.717) is 23.7 Å². The maximum absolute atomic E-state index is 12.2. The first-order chi connectivity index (χ1) is 11.3. The number of carbonyl (C=O) groups is 1. The van der Waals surface area contributed by atoms with E-state index in [9.17, 15) is 4.79 Å². The molecule has 0 N–H and O–H groups in total. The highest BCUT2D eigenvalue weighted by Crippen LogP contribution is 2.32. The van der Waals surface area contributed by atoms with Crippen LogP contribution in [0.25, 0.3) is 6.08 Å². The lowest BCUT2D eigenvalue weighted by Gasteiger charge is -2.02. The molecule has 2 aromatic rings. The van der Waals surface area contributed by atoms with Crippen molar-refractivity contribution in [3.05, 3.63) is 72.3 Å². The van der Waals surface area contributed by atoms with E-state index in [0.717, 1.165) is 11.3 Å². The van der Waals surface area contributed by atoms with E-state index in [1.807, 2.05) is 24.3 Å². The summed E-state index contributed by atoms with van der Waals surface area (Å²) in [5.41, 5.74) is 1.49. The molecule has 0 atom stereocenters. The van der Waals surface area contributed by atoms with Crippen molar-refractivity contribution in [1.29, 1.82) is 0 Å². The summed E-state index contributed by atoms with van der Waals surface area (Å²) in [5.74, 6) is 1.95. The molecule has 0 saturated carbocycles. The highest BCUT2D eigenvalue weighted by atomic mass is 16.7. The maximum atomic E-state index is 12.2. The fourth-order valence-corrected chi connectivity index (χ4v) is 2.15. The van der Waals surface area contributed by atoms with Crippen LogP contribution in [0.3, 0.4) is 0 Å². The van der Waals surface area contributed by atoms with Gasteiger partial charge in [-0.1, -0.05) is 30.9 Å². The molecule has 4 nitrogen and oxygen atoms in total. The standard InChI is InChI=1S/C19H16O4/c1-2-11-21-16-7-3-14(4-8-16)5-9-17(20)15-6-10-18-19(12-15)23-13-22-18/h2-10,12H,1,11,13H2. The molecular formula is C19H16O4. The molecule has 0 amide bonds. The minimum Gasteiger partial charge on any atom is -0.490 e. The average Bonchev–Trinajstić information content (AvgIpc) is 3.06. The van der Waals surface area contributed by atoms with Crippen molar-refractivity contribution in [2.45, 2.75) is 0 Å². The van der Waals surface area contributed by atoms with E-state index in [4.69, 9.17) is 14.2 Å². The first-order valence-corrected chi connectivity index (χ1v) is 7.22. The molecule has 0 aromatic heterocycles. The molecule has 0 radical (unpaired) electrons. The van der Waals surface area contributed by atoms with Gasteiger partial charge in [0.15, 0.2) is 17.3 Å². The Bertz CT molecular complexity index is 744. The normalized spacial score (nSPS) is 12.3. The zero-order valence-corrected chi connectivity index (χ0v) is 12.5. The van der Waals surface area contributed by atoms with Crippen molar-refractivity contribution >= 4 is 11.9 Å². The van der Waals surface area contributed by atoms with E-state index in [-0.39, 0.29) is 12.6 Å². The van der Waals surface area contributed by atoms with E-state index >= 15 is 0 Å². The first-order valence-electron chi connectivity index (χ1n) is 7.22.